The van der Waals surface area contributed by atoms with E-state index in [0.29, 0.717) is 27.4 Å². The number of ether oxygens (including phenoxy) is 1. The number of rotatable bonds is 2. The van der Waals surface area contributed by atoms with Crippen LogP contribution in [0.4, 0.5) is 0 Å². The summed E-state index contributed by atoms with van der Waals surface area (Å²) in [6.45, 7) is 0. The normalized spacial score (nSPS) is 10.7. The molecule has 100 valence electrons. The molecule has 0 bridgehead atoms. The molecule has 4 nitrogen and oxygen atoms in total. The Kier molecular flexibility index (Phi) is 3.16. The number of fused-ring (bicyclic) bond motifs is 1. The second-order valence-electron chi connectivity index (χ2n) is 4.30. The molecule has 0 spiro atoms. The quantitative estimate of drug-likeness (QED) is 0.787. The first-order valence-corrected chi connectivity index (χ1v) is 6.39. The van der Waals surface area contributed by atoms with Crippen LogP contribution in [0, 0.1) is 0 Å². The van der Waals surface area contributed by atoms with E-state index in [4.69, 9.17) is 16.3 Å². The minimum atomic E-state index is -0.167. The predicted molar refractivity (Wildman–Crippen MR) is 79.4 cm³/mol. The number of hydrogen-bond donors (Lipinski definition) is 1. The van der Waals surface area contributed by atoms with Gasteiger partial charge in [-0.15, -0.1) is 0 Å². The van der Waals surface area contributed by atoms with Gasteiger partial charge >= 0.3 is 0 Å². The van der Waals surface area contributed by atoms with Crippen LogP contribution in [-0.2, 0) is 0 Å². The molecule has 0 amide bonds. The van der Waals surface area contributed by atoms with Gasteiger partial charge in [-0.05, 0) is 30.3 Å². The highest BCUT2D eigenvalue weighted by Crippen LogP contribution is 2.29. The van der Waals surface area contributed by atoms with Crippen LogP contribution in [0.5, 0.6) is 5.75 Å². The predicted octanol–water partition coefficient (Wildman–Crippen LogP) is 3.25. The van der Waals surface area contributed by atoms with E-state index in [0.717, 1.165) is 5.56 Å². The average Bonchev–Trinajstić information content (AvgIpc) is 2.47. The molecule has 0 fully saturated rings. The van der Waals surface area contributed by atoms with Gasteiger partial charge in [-0.2, -0.15) is 0 Å². The summed E-state index contributed by atoms with van der Waals surface area (Å²) in [4.78, 5) is 19.1. The van der Waals surface area contributed by atoms with E-state index < -0.39 is 0 Å². The summed E-state index contributed by atoms with van der Waals surface area (Å²) in [5.74, 6) is 0.561. The molecule has 0 aliphatic heterocycles. The van der Waals surface area contributed by atoms with Crippen LogP contribution in [0.2, 0.25) is 5.02 Å². The van der Waals surface area contributed by atoms with Crippen molar-refractivity contribution < 1.29 is 4.74 Å². The molecule has 2 aromatic heterocycles. The number of aromatic amines is 1. The largest absolute Gasteiger partial charge is 0.495 e. The lowest BCUT2D eigenvalue weighted by atomic mass is 10.1. The van der Waals surface area contributed by atoms with Gasteiger partial charge in [0.25, 0.3) is 5.56 Å². The number of aromatic nitrogens is 2. The number of H-pyrrole nitrogens is 1. The zero-order valence-electron chi connectivity index (χ0n) is 10.7. The van der Waals surface area contributed by atoms with Gasteiger partial charge in [0, 0.05) is 11.8 Å². The Hall–Kier alpha value is -2.33. The molecular weight excluding hydrogens is 276 g/mol. The topological polar surface area (TPSA) is 55.0 Å². The van der Waals surface area contributed by atoms with Gasteiger partial charge in [0.05, 0.1) is 28.7 Å². The fraction of sp³-hybridized carbons (Fsp3) is 0.0667. The van der Waals surface area contributed by atoms with Crippen LogP contribution in [-0.4, -0.2) is 17.1 Å². The van der Waals surface area contributed by atoms with Crippen molar-refractivity contribution in [2.75, 3.05) is 7.11 Å². The third-order valence-corrected chi connectivity index (χ3v) is 3.39. The number of methoxy groups -OCH3 is 1. The lowest BCUT2D eigenvalue weighted by Crippen LogP contribution is -2.07. The Bertz CT molecular complexity index is 843. The number of nitrogens with one attached hydrogen (secondary N) is 1. The Morgan fingerprint density at radius 2 is 2.10 bits per heavy atom. The summed E-state index contributed by atoms with van der Waals surface area (Å²) in [6.07, 6.45) is 1.66. The molecular formula is C15H11ClN2O2. The Labute approximate surface area is 120 Å². The molecule has 3 aromatic rings. The first kappa shape index (κ1) is 12.7. The highest BCUT2D eigenvalue weighted by Gasteiger charge is 2.07. The van der Waals surface area contributed by atoms with Gasteiger partial charge in [0.1, 0.15) is 5.75 Å². The summed E-state index contributed by atoms with van der Waals surface area (Å²) in [6, 6.07) is 10.7. The van der Waals surface area contributed by atoms with Gasteiger partial charge in [-0.25, -0.2) is 0 Å². The van der Waals surface area contributed by atoms with E-state index in [1.54, 1.807) is 37.6 Å². The number of halogens is 1. The molecule has 0 atom stereocenters. The second-order valence-corrected chi connectivity index (χ2v) is 4.70. The Morgan fingerprint density at radius 3 is 2.90 bits per heavy atom. The van der Waals surface area contributed by atoms with Crippen molar-refractivity contribution >= 4 is 22.5 Å². The number of pyridine rings is 2. The summed E-state index contributed by atoms with van der Waals surface area (Å²) < 4.78 is 5.19. The van der Waals surface area contributed by atoms with Crippen molar-refractivity contribution in [2.45, 2.75) is 0 Å². The molecule has 0 unspecified atom stereocenters. The lowest BCUT2D eigenvalue weighted by Gasteiger charge is -2.07. The maximum atomic E-state index is 12.0. The van der Waals surface area contributed by atoms with Gasteiger partial charge in [0.2, 0.25) is 0 Å². The van der Waals surface area contributed by atoms with Crippen molar-refractivity contribution in [1.82, 2.24) is 9.97 Å². The third kappa shape index (κ3) is 2.14. The monoisotopic (exact) mass is 286 g/mol. The molecule has 0 aliphatic carbocycles. The average molecular weight is 287 g/mol. The van der Waals surface area contributed by atoms with Crippen molar-refractivity contribution in [2.24, 2.45) is 0 Å². The summed E-state index contributed by atoms with van der Waals surface area (Å²) in [5.41, 5.74) is 1.98. The number of hydrogen-bond acceptors (Lipinski definition) is 3. The van der Waals surface area contributed by atoms with Crippen LogP contribution in [0.25, 0.3) is 22.2 Å². The molecule has 0 radical (unpaired) electrons. The molecule has 1 aromatic carbocycles. The molecule has 1 N–H and O–H groups in total. The maximum Gasteiger partial charge on any atom is 0.257 e. The Balaban J connectivity index is 2.22. The minimum Gasteiger partial charge on any atom is -0.495 e. The highest BCUT2D eigenvalue weighted by atomic mass is 35.5. The molecule has 0 saturated heterocycles. The van der Waals surface area contributed by atoms with E-state index in [2.05, 4.69) is 9.97 Å². The molecule has 20 heavy (non-hydrogen) atoms. The summed E-state index contributed by atoms with van der Waals surface area (Å²) >= 11 is 6.00. The van der Waals surface area contributed by atoms with Gasteiger partial charge in [0.15, 0.2) is 0 Å². The zero-order chi connectivity index (χ0) is 14.1. The molecule has 0 saturated carbocycles. The summed E-state index contributed by atoms with van der Waals surface area (Å²) in [7, 11) is 1.55. The van der Waals surface area contributed by atoms with Crippen LogP contribution in [0.15, 0.2) is 47.4 Å². The standard InChI is InChI=1S/C15H11ClN2O2/c1-20-14-7-9(4-5-11(14)16)12-8-13-10(15(19)18-12)3-2-6-17-13/h2-8H,1H3,(H,18,19). The maximum absolute atomic E-state index is 12.0. The van der Waals surface area contributed by atoms with E-state index >= 15 is 0 Å². The highest BCUT2D eigenvalue weighted by molar-refractivity contribution is 6.32. The second kappa shape index (κ2) is 4.98. The van der Waals surface area contributed by atoms with E-state index in [-0.39, 0.29) is 5.56 Å². The minimum absolute atomic E-state index is 0.167. The Morgan fingerprint density at radius 1 is 1.25 bits per heavy atom. The molecule has 2 heterocycles. The third-order valence-electron chi connectivity index (χ3n) is 3.07. The van der Waals surface area contributed by atoms with Crippen LogP contribution in [0.3, 0.4) is 0 Å². The molecule has 3 rings (SSSR count). The van der Waals surface area contributed by atoms with Crippen molar-refractivity contribution in [3.05, 3.63) is 58.0 Å². The first-order valence-electron chi connectivity index (χ1n) is 6.01. The van der Waals surface area contributed by atoms with Crippen LogP contribution in [0.1, 0.15) is 0 Å². The van der Waals surface area contributed by atoms with Crippen molar-refractivity contribution in [3.8, 4) is 17.0 Å². The molecule has 0 aliphatic rings. The van der Waals surface area contributed by atoms with Crippen LogP contribution >= 0.6 is 11.6 Å². The lowest BCUT2D eigenvalue weighted by molar-refractivity contribution is 0.415. The van der Waals surface area contributed by atoms with Gasteiger partial charge < -0.3 is 9.72 Å². The van der Waals surface area contributed by atoms with Crippen LogP contribution < -0.4 is 10.3 Å². The van der Waals surface area contributed by atoms with E-state index in [1.165, 1.54) is 0 Å². The summed E-state index contributed by atoms with van der Waals surface area (Å²) in [5, 5.41) is 1.09. The van der Waals surface area contributed by atoms with Gasteiger partial charge in [-0.3, -0.25) is 9.78 Å². The smallest absolute Gasteiger partial charge is 0.257 e. The zero-order valence-corrected chi connectivity index (χ0v) is 11.4. The number of benzene rings is 1. The van der Waals surface area contributed by atoms with E-state index in [9.17, 15) is 4.79 Å². The SMILES string of the molecule is COc1cc(-c2cc3ncccc3c(=O)[nH]2)ccc1Cl. The fourth-order valence-corrected chi connectivity index (χ4v) is 2.26. The van der Waals surface area contributed by atoms with E-state index in [1.807, 2.05) is 12.1 Å². The molecule has 5 heteroatoms. The van der Waals surface area contributed by atoms with Crippen molar-refractivity contribution in [3.63, 3.8) is 0 Å². The van der Waals surface area contributed by atoms with Gasteiger partial charge in [-0.1, -0.05) is 17.7 Å². The van der Waals surface area contributed by atoms with Crippen molar-refractivity contribution in [1.29, 1.82) is 0 Å². The number of nitrogens with zero attached hydrogens (tertiary/aromatic N) is 1. The fourth-order valence-electron chi connectivity index (χ4n) is 2.07. The first-order chi connectivity index (χ1) is 9.69.